The molecule has 122 valence electrons. The Balaban J connectivity index is 1.82. The first kappa shape index (κ1) is 15.6. The van der Waals surface area contributed by atoms with Gasteiger partial charge in [0.25, 0.3) is 0 Å². The van der Waals surface area contributed by atoms with Crippen LogP contribution in [0.5, 0.6) is 0 Å². The van der Waals surface area contributed by atoms with Crippen LogP contribution in [0, 0.1) is 5.82 Å². The van der Waals surface area contributed by atoms with E-state index in [9.17, 15) is 9.18 Å². The lowest BCUT2D eigenvalue weighted by Crippen LogP contribution is -2.38. The van der Waals surface area contributed by atoms with Crippen molar-refractivity contribution in [3.05, 3.63) is 36.0 Å². The second-order valence-corrected chi connectivity index (χ2v) is 5.81. The van der Waals surface area contributed by atoms with Crippen LogP contribution in [0.3, 0.4) is 0 Å². The fourth-order valence-corrected chi connectivity index (χ4v) is 2.93. The predicted molar refractivity (Wildman–Crippen MR) is 82.9 cm³/mol. The Hall–Kier alpha value is -2.24. The molecule has 0 bridgehead atoms. The van der Waals surface area contributed by atoms with Gasteiger partial charge >= 0.3 is 0 Å². The summed E-state index contributed by atoms with van der Waals surface area (Å²) in [5.74, 6) is 0.724. The van der Waals surface area contributed by atoms with E-state index in [2.05, 4.69) is 10.1 Å². The Kier molecular flexibility index (Phi) is 4.69. The number of hydrogen-bond donors (Lipinski definition) is 0. The van der Waals surface area contributed by atoms with E-state index in [0.717, 1.165) is 32.2 Å². The lowest BCUT2D eigenvalue weighted by molar-refractivity contribution is -0.135. The largest absolute Gasteiger partial charge is 0.337 e. The average molecular weight is 317 g/mol. The summed E-state index contributed by atoms with van der Waals surface area (Å²) < 4.78 is 18.4. The predicted octanol–water partition coefficient (Wildman–Crippen LogP) is 3.73. The van der Waals surface area contributed by atoms with Gasteiger partial charge in [-0.05, 0) is 49.9 Å². The van der Waals surface area contributed by atoms with Gasteiger partial charge in [-0.15, -0.1) is 0 Å². The van der Waals surface area contributed by atoms with Crippen LogP contribution in [-0.2, 0) is 4.79 Å². The van der Waals surface area contributed by atoms with E-state index in [1.165, 1.54) is 12.1 Å². The smallest absolute Gasteiger partial charge is 0.249 e. The molecule has 1 saturated heterocycles. The highest BCUT2D eigenvalue weighted by Crippen LogP contribution is 2.31. The first-order chi connectivity index (χ1) is 11.2. The summed E-state index contributed by atoms with van der Waals surface area (Å²) >= 11 is 0. The molecule has 23 heavy (non-hydrogen) atoms. The summed E-state index contributed by atoms with van der Waals surface area (Å²) in [6.45, 7) is 2.73. The molecule has 1 aliphatic rings. The second-order valence-electron chi connectivity index (χ2n) is 5.81. The minimum atomic E-state index is -0.305. The number of nitrogens with zero attached hydrogens (tertiary/aromatic N) is 3. The van der Waals surface area contributed by atoms with Crippen molar-refractivity contribution in [2.45, 2.75) is 45.1 Å². The number of benzene rings is 1. The van der Waals surface area contributed by atoms with Crippen LogP contribution in [0.15, 0.2) is 28.8 Å². The van der Waals surface area contributed by atoms with Crippen molar-refractivity contribution >= 4 is 5.91 Å². The van der Waals surface area contributed by atoms with Crippen molar-refractivity contribution in [1.82, 2.24) is 15.0 Å². The molecule has 1 amide bonds. The monoisotopic (exact) mass is 317 g/mol. The molecule has 1 atom stereocenters. The molecule has 0 spiro atoms. The highest BCUT2D eigenvalue weighted by atomic mass is 19.1. The topological polar surface area (TPSA) is 59.2 Å². The zero-order valence-electron chi connectivity index (χ0n) is 13.2. The fourth-order valence-electron chi connectivity index (χ4n) is 2.93. The Morgan fingerprint density at radius 3 is 2.87 bits per heavy atom. The number of aromatic nitrogens is 2. The SMILES string of the molecule is CCCC(=O)N1CCCC[C@@H]1c1nc(-c2ccc(F)cc2)no1. The minimum Gasteiger partial charge on any atom is -0.337 e. The molecule has 2 heterocycles. The van der Waals surface area contributed by atoms with Gasteiger partial charge in [0.2, 0.25) is 17.6 Å². The quantitative estimate of drug-likeness (QED) is 0.862. The lowest BCUT2D eigenvalue weighted by Gasteiger charge is -2.33. The van der Waals surface area contributed by atoms with Crippen molar-refractivity contribution in [3.8, 4) is 11.4 Å². The maximum Gasteiger partial charge on any atom is 0.249 e. The molecule has 0 aliphatic carbocycles. The minimum absolute atomic E-state index is 0.138. The van der Waals surface area contributed by atoms with Crippen molar-refractivity contribution in [2.24, 2.45) is 0 Å². The standard InChI is InChI=1S/C17H20FN3O2/c1-2-5-15(22)21-11-4-3-6-14(21)17-19-16(20-23-17)12-7-9-13(18)10-8-12/h7-10,14H,2-6,11H2,1H3/t14-/m1/s1. The molecule has 0 radical (unpaired) electrons. The third-order valence-electron chi connectivity index (χ3n) is 4.12. The number of amides is 1. The second kappa shape index (κ2) is 6.89. The van der Waals surface area contributed by atoms with E-state index in [-0.39, 0.29) is 17.8 Å². The van der Waals surface area contributed by atoms with Crippen LogP contribution in [0.2, 0.25) is 0 Å². The summed E-state index contributed by atoms with van der Waals surface area (Å²) in [5.41, 5.74) is 0.698. The maximum atomic E-state index is 13.0. The average Bonchev–Trinajstić information content (AvgIpc) is 3.05. The Morgan fingerprint density at radius 2 is 2.13 bits per heavy atom. The van der Waals surface area contributed by atoms with Crippen LogP contribution in [-0.4, -0.2) is 27.5 Å². The first-order valence-electron chi connectivity index (χ1n) is 8.08. The molecule has 6 heteroatoms. The van der Waals surface area contributed by atoms with Crippen LogP contribution >= 0.6 is 0 Å². The van der Waals surface area contributed by atoms with Gasteiger partial charge < -0.3 is 9.42 Å². The van der Waals surface area contributed by atoms with Gasteiger partial charge in [0, 0.05) is 18.5 Å². The van der Waals surface area contributed by atoms with Crippen molar-refractivity contribution in [1.29, 1.82) is 0 Å². The zero-order chi connectivity index (χ0) is 16.2. The highest BCUT2D eigenvalue weighted by molar-refractivity contribution is 5.76. The lowest BCUT2D eigenvalue weighted by atomic mass is 10.0. The highest BCUT2D eigenvalue weighted by Gasteiger charge is 2.31. The number of likely N-dealkylation sites (tertiary alicyclic amines) is 1. The summed E-state index contributed by atoms with van der Waals surface area (Å²) in [7, 11) is 0. The molecule has 2 aromatic rings. The zero-order valence-corrected chi connectivity index (χ0v) is 13.2. The maximum absolute atomic E-state index is 13.0. The first-order valence-corrected chi connectivity index (χ1v) is 8.08. The van der Waals surface area contributed by atoms with E-state index in [0.29, 0.717) is 23.7 Å². The van der Waals surface area contributed by atoms with Crippen LogP contribution in [0.1, 0.15) is 51.0 Å². The van der Waals surface area contributed by atoms with Gasteiger partial charge in [-0.2, -0.15) is 4.98 Å². The molecule has 1 fully saturated rings. The van der Waals surface area contributed by atoms with Gasteiger partial charge in [0.1, 0.15) is 11.9 Å². The molecule has 5 nitrogen and oxygen atoms in total. The molecule has 0 saturated carbocycles. The van der Waals surface area contributed by atoms with E-state index >= 15 is 0 Å². The van der Waals surface area contributed by atoms with Crippen molar-refractivity contribution in [2.75, 3.05) is 6.54 Å². The Bertz CT molecular complexity index is 669. The number of rotatable bonds is 4. The van der Waals surface area contributed by atoms with E-state index in [1.54, 1.807) is 12.1 Å². The van der Waals surface area contributed by atoms with E-state index in [1.807, 2.05) is 11.8 Å². The molecule has 1 aliphatic heterocycles. The molecule has 1 aromatic carbocycles. The Labute approximate surface area is 134 Å². The number of piperidine rings is 1. The number of halogens is 1. The third-order valence-corrected chi connectivity index (χ3v) is 4.12. The van der Waals surface area contributed by atoms with Gasteiger partial charge in [-0.1, -0.05) is 12.1 Å². The van der Waals surface area contributed by atoms with Crippen molar-refractivity contribution < 1.29 is 13.7 Å². The number of hydrogen-bond acceptors (Lipinski definition) is 4. The van der Waals surface area contributed by atoms with Gasteiger partial charge in [0.05, 0.1) is 0 Å². The third kappa shape index (κ3) is 3.41. The van der Waals surface area contributed by atoms with Gasteiger partial charge in [-0.25, -0.2) is 4.39 Å². The van der Waals surface area contributed by atoms with Crippen molar-refractivity contribution in [3.63, 3.8) is 0 Å². The summed E-state index contributed by atoms with van der Waals surface area (Å²) in [6.07, 6.45) is 4.24. The molecule has 0 N–H and O–H groups in total. The molecular weight excluding hydrogens is 297 g/mol. The van der Waals surface area contributed by atoms with E-state index in [4.69, 9.17) is 4.52 Å². The Morgan fingerprint density at radius 1 is 1.35 bits per heavy atom. The van der Waals surface area contributed by atoms with E-state index < -0.39 is 0 Å². The molecule has 0 unspecified atom stereocenters. The van der Waals surface area contributed by atoms with Crippen LogP contribution < -0.4 is 0 Å². The van der Waals surface area contributed by atoms with Gasteiger partial charge in [-0.3, -0.25) is 4.79 Å². The van der Waals surface area contributed by atoms with Gasteiger partial charge in [0.15, 0.2) is 0 Å². The summed E-state index contributed by atoms with van der Waals surface area (Å²) in [4.78, 5) is 18.6. The number of carbonyl (C=O) groups excluding carboxylic acids is 1. The van der Waals surface area contributed by atoms with Crippen LogP contribution in [0.4, 0.5) is 4.39 Å². The molecular formula is C17H20FN3O2. The normalized spacial score (nSPS) is 18.2. The number of carbonyl (C=O) groups is 1. The molecule has 3 rings (SSSR count). The summed E-state index contributed by atoms with van der Waals surface area (Å²) in [5, 5.41) is 3.98. The summed E-state index contributed by atoms with van der Waals surface area (Å²) in [6, 6.07) is 5.81. The fraction of sp³-hybridized carbons (Fsp3) is 0.471. The van der Waals surface area contributed by atoms with Crippen LogP contribution in [0.25, 0.3) is 11.4 Å². The molecule has 1 aromatic heterocycles.